The molecular weight excluding hydrogens is 384 g/mol. The second-order valence-corrected chi connectivity index (χ2v) is 6.27. The number of ketones is 1. The molecule has 0 saturated heterocycles. The molecule has 0 aliphatic heterocycles. The average molecular weight is 401 g/mol. The topological polar surface area (TPSA) is 90.9 Å². The first-order chi connectivity index (χ1) is 12.1. The van der Waals surface area contributed by atoms with Crippen LogP contribution in [0, 0.1) is 6.92 Å². The van der Waals surface area contributed by atoms with E-state index >= 15 is 0 Å². The third kappa shape index (κ3) is 3.07. The molecular formula is C18H17BrN4O2. The minimum atomic E-state index is -0.0983. The summed E-state index contributed by atoms with van der Waals surface area (Å²) in [4.78, 5) is 32.0. The first-order valence-electron chi connectivity index (χ1n) is 7.81. The molecule has 0 aliphatic carbocycles. The molecule has 0 amide bonds. The third-order valence-corrected chi connectivity index (χ3v) is 4.57. The van der Waals surface area contributed by atoms with Crippen molar-refractivity contribution in [1.82, 2.24) is 14.5 Å². The van der Waals surface area contributed by atoms with Gasteiger partial charge in [-0.15, -0.1) is 0 Å². The average Bonchev–Trinajstić information content (AvgIpc) is 2.95. The lowest BCUT2D eigenvalue weighted by Crippen LogP contribution is -2.12. The summed E-state index contributed by atoms with van der Waals surface area (Å²) in [5.41, 5.74) is 9.87. The number of aryl methyl sites for hydroxylation is 2. The molecule has 2 N–H and O–H groups in total. The van der Waals surface area contributed by atoms with Crippen LogP contribution < -0.4 is 5.73 Å². The van der Waals surface area contributed by atoms with Gasteiger partial charge in [-0.3, -0.25) is 4.79 Å². The molecule has 0 unspecified atom stereocenters. The molecule has 0 aliphatic rings. The molecule has 0 atom stereocenters. The summed E-state index contributed by atoms with van der Waals surface area (Å²) < 4.78 is 1.76. The Bertz CT molecular complexity index is 948. The summed E-state index contributed by atoms with van der Waals surface area (Å²) >= 11 is 3.25. The Labute approximate surface area is 153 Å². The number of carbonyl (C=O) groups excluding carboxylic acids is 2. The number of carbonyl (C=O) groups is 2. The number of anilines is 1. The number of rotatable bonds is 6. The Morgan fingerprint density at radius 3 is 2.64 bits per heavy atom. The minimum absolute atomic E-state index is 0.0983. The Hall–Kier alpha value is -2.54. The van der Waals surface area contributed by atoms with Gasteiger partial charge < -0.3 is 15.1 Å². The number of benzene rings is 1. The summed E-state index contributed by atoms with van der Waals surface area (Å²) in [5, 5.41) is 0.804. The predicted molar refractivity (Wildman–Crippen MR) is 101 cm³/mol. The van der Waals surface area contributed by atoms with Crippen LogP contribution in [0.4, 0.5) is 5.82 Å². The summed E-state index contributed by atoms with van der Waals surface area (Å²) in [6.07, 6.45) is 2.48. The number of Topliss-reactive ketones (excluding diaryl/α,β-unsaturated/α-hetero) is 1. The van der Waals surface area contributed by atoms with Crippen LogP contribution in [0.25, 0.3) is 22.2 Å². The number of nitrogens with two attached hydrogens (primary N) is 1. The van der Waals surface area contributed by atoms with Gasteiger partial charge in [-0.05, 0) is 12.5 Å². The second-order valence-electron chi connectivity index (χ2n) is 5.71. The standard InChI is InChI=1S/C18H17BrN4O2/c1-11-3-5-12(6-4-11)14-15-17(20)21-10-22-18(15)23(7-2-8-24)16(14)13(25)9-19/h3-6,8,10H,2,7,9H2,1H3,(H2,20,21,22). The molecule has 0 fully saturated rings. The number of alkyl halides is 1. The zero-order chi connectivity index (χ0) is 18.0. The molecule has 3 aromatic rings. The summed E-state index contributed by atoms with van der Waals surface area (Å²) in [5.74, 6) is 0.216. The number of aromatic nitrogens is 3. The lowest BCUT2D eigenvalue weighted by atomic mass is 10.00. The van der Waals surface area contributed by atoms with Gasteiger partial charge in [0.25, 0.3) is 0 Å². The van der Waals surface area contributed by atoms with E-state index in [1.807, 2.05) is 31.2 Å². The molecule has 2 aromatic heterocycles. The van der Waals surface area contributed by atoms with Crippen molar-refractivity contribution in [3.63, 3.8) is 0 Å². The van der Waals surface area contributed by atoms with Crippen LogP contribution in [0.15, 0.2) is 30.6 Å². The SMILES string of the molecule is Cc1ccc(-c2c(C(=O)CBr)n(CCC=O)c3ncnc(N)c23)cc1. The highest BCUT2D eigenvalue weighted by atomic mass is 79.9. The fourth-order valence-corrected chi connectivity index (χ4v) is 3.21. The van der Waals surface area contributed by atoms with Gasteiger partial charge in [0.1, 0.15) is 24.1 Å². The lowest BCUT2D eigenvalue weighted by Gasteiger charge is -2.09. The molecule has 1 aromatic carbocycles. The van der Waals surface area contributed by atoms with Gasteiger partial charge in [0.2, 0.25) is 0 Å². The van der Waals surface area contributed by atoms with Crippen LogP contribution in [0.3, 0.4) is 0 Å². The van der Waals surface area contributed by atoms with Gasteiger partial charge in [0.15, 0.2) is 5.78 Å². The number of nitrogen functional groups attached to an aromatic ring is 1. The van der Waals surface area contributed by atoms with Crippen molar-refractivity contribution in [1.29, 1.82) is 0 Å². The highest BCUT2D eigenvalue weighted by Crippen LogP contribution is 2.37. The number of nitrogens with zero attached hydrogens (tertiary/aromatic N) is 3. The summed E-state index contributed by atoms with van der Waals surface area (Å²) in [7, 11) is 0. The van der Waals surface area contributed by atoms with E-state index in [-0.39, 0.29) is 17.5 Å². The fraction of sp³-hybridized carbons (Fsp3) is 0.222. The van der Waals surface area contributed by atoms with E-state index in [9.17, 15) is 9.59 Å². The first kappa shape index (κ1) is 17.3. The molecule has 128 valence electrons. The van der Waals surface area contributed by atoms with Crippen molar-refractivity contribution in [3.05, 3.63) is 41.9 Å². The molecule has 0 bridgehead atoms. The molecule has 2 heterocycles. The van der Waals surface area contributed by atoms with Gasteiger partial charge in [-0.25, -0.2) is 9.97 Å². The molecule has 0 radical (unpaired) electrons. The highest BCUT2D eigenvalue weighted by Gasteiger charge is 2.25. The van der Waals surface area contributed by atoms with Crippen molar-refractivity contribution < 1.29 is 9.59 Å². The second kappa shape index (κ2) is 7.14. The largest absolute Gasteiger partial charge is 0.383 e. The van der Waals surface area contributed by atoms with Crippen LogP contribution >= 0.6 is 15.9 Å². The van der Waals surface area contributed by atoms with E-state index < -0.39 is 0 Å². The zero-order valence-electron chi connectivity index (χ0n) is 13.7. The fourth-order valence-electron chi connectivity index (χ4n) is 2.95. The lowest BCUT2D eigenvalue weighted by molar-refractivity contribution is -0.108. The van der Waals surface area contributed by atoms with Crippen molar-refractivity contribution in [2.45, 2.75) is 19.9 Å². The number of hydrogen-bond acceptors (Lipinski definition) is 5. The van der Waals surface area contributed by atoms with Crippen molar-refractivity contribution in [2.24, 2.45) is 0 Å². The summed E-state index contributed by atoms with van der Waals surface area (Å²) in [6, 6.07) is 7.86. The highest BCUT2D eigenvalue weighted by molar-refractivity contribution is 9.09. The van der Waals surface area contributed by atoms with E-state index in [4.69, 9.17) is 5.73 Å². The van der Waals surface area contributed by atoms with Crippen LogP contribution in [-0.2, 0) is 11.3 Å². The number of hydrogen-bond donors (Lipinski definition) is 1. The maximum atomic E-state index is 12.7. The Balaban J connectivity index is 2.41. The van der Waals surface area contributed by atoms with Gasteiger partial charge in [0, 0.05) is 18.5 Å². The van der Waals surface area contributed by atoms with Crippen LogP contribution in [0.1, 0.15) is 22.5 Å². The van der Waals surface area contributed by atoms with E-state index in [0.29, 0.717) is 34.7 Å². The van der Waals surface area contributed by atoms with Crippen molar-refractivity contribution in [3.8, 4) is 11.1 Å². The third-order valence-electron chi connectivity index (χ3n) is 4.07. The quantitative estimate of drug-likeness (QED) is 0.389. The summed E-state index contributed by atoms with van der Waals surface area (Å²) in [6.45, 7) is 2.36. The van der Waals surface area contributed by atoms with Gasteiger partial charge in [-0.2, -0.15) is 0 Å². The maximum Gasteiger partial charge on any atom is 0.190 e. The number of halogens is 1. The molecule has 25 heavy (non-hydrogen) atoms. The maximum absolute atomic E-state index is 12.7. The zero-order valence-corrected chi connectivity index (χ0v) is 15.3. The van der Waals surface area contributed by atoms with Crippen LogP contribution in [0.5, 0.6) is 0 Å². The molecule has 6 nitrogen and oxygen atoms in total. The van der Waals surface area contributed by atoms with E-state index in [1.165, 1.54) is 6.33 Å². The monoisotopic (exact) mass is 400 g/mol. The van der Waals surface area contributed by atoms with Crippen LogP contribution in [0.2, 0.25) is 0 Å². The van der Waals surface area contributed by atoms with E-state index in [0.717, 1.165) is 17.4 Å². The molecule has 7 heteroatoms. The minimum Gasteiger partial charge on any atom is -0.383 e. The van der Waals surface area contributed by atoms with Gasteiger partial charge >= 0.3 is 0 Å². The van der Waals surface area contributed by atoms with Gasteiger partial charge in [0.05, 0.1) is 16.4 Å². The Kier molecular flexibility index (Phi) is 4.94. The number of aldehydes is 1. The van der Waals surface area contributed by atoms with E-state index in [2.05, 4.69) is 25.9 Å². The van der Waals surface area contributed by atoms with Crippen LogP contribution in [-0.4, -0.2) is 31.9 Å². The predicted octanol–water partition coefficient (Wildman–Crippen LogP) is 3.16. The van der Waals surface area contributed by atoms with Gasteiger partial charge in [-0.1, -0.05) is 45.8 Å². The smallest absolute Gasteiger partial charge is 0.190 e. The molecule has 0 spiro atoms. The molecule has 3 rings (SSSR count). The Morgan fingerprint density at radius 2 is 2.00 bits per heavy atom. The van der Waals surface area contributed by atoms with E-state index in [1.54, 1.807) is 4.57 Å². The first-order valence-corrected chi connectivity index (χ1v) is 8.93. The van der Waals surface area contributed by atoms with Crippen molar-refractivity contribution >= 4 is 44.9 Å². The number of fused-ring (bicyclic) bond motifs is 1. The Morgan fingerprint density at radius 1 is 1.28 bits per heavy atom. The van der Waals surface area contributed by atoms with Crippen molar-refractivity contribution in [2.75, 3.05) is 11.1 Å². The molecule has 0 saturated carbocycles. The normalized spacial score (nSPS) is 11.0.